The van der Waals surface area contributed by atoms with Gasteiger partial charge in [-0.1, -0.05) is 76.9 Å². The highest BCUT2D eigenvalue weighted by Gasteiger charge is 2.29. The van der Waals surface area contributed by atoms with Crippen molar-refractivity contribution in [1.29, 1.82) is 0 Å². The Hall–Kier alpha value is -1.85. The molecule has 0 saturated carbocycles. The Kier molecular flexibility index (Phi) is 14.8. The second kappa shape index (κ2) is 17.0. The molecule has 1 heterocycles. The Morgan fingerprint density at radius 2 is 1.48 bits per heavy atom. The van der Waals surface area contributed by atoms with E-state index in [0.717, 1.165) is 24.2 Å². The fourth-order valence-electron chi connectivity index (χ4n) is 3.39. The van der Waals surface area contributed by atoms with Crippen molar-refractivity contribution in [2.24, 2.45) is 4.99 Å². The minimum atomic E-state index is -1.18. The van der Waals surface area contributed by atoms with Gasteiger partial charge in [0.2, 0.25) is 5.84 Å². The van der Waals surface area contributed by atoms with Crippen LogP contribution in [0.25, 0.3) is 0 Å². The van der Waals surface area contributed by atoms with Gasteiger partial charge in [0.15, 0.2) is 0 Å². The number of ether oxygens (including phenoxy) is 1. The fourth-order valence-corrected chi connectivity index (χ4v) is 3.39. The number of amidine groups is 1. The van der Waals surface area contributed by atoms with Crippen LogP contribution in [0.1, 0.15) is 96.8 Å². The van der Waals surface area contributed by atoms with Crippen LogP contribution < -0.4 is 0 Å². The number of carbonyl (C=O) groups is 2. The molecular formula is C23H40N2O4. The molecule has 0 aliphatic carbocycles. The van der Waals surface area contributed by atoms with E-state index in [1.54, 1.807) is 0 Å². The van der Waals surface area contributed by atoms with E-state index in [0.29, 0.717) is 13.2 Å². The first kappa shape index (κ1) is 25.2. The average molecular weight is 409 g/mol. The number of allylic oxidation sites excluding steroid dienone is 2. The van der Waals surface area contributed by atoms with Crippen molar-refractivity contribution < 1.29 is 19.4 Å². The van der Waals surface area contributed by atoms with Crippen molar-refractivity contribution >= 4 is 17.9 Å². The van der Waals surface area contributed by atoms with Crippen LogP contribution in [0, 0.1) is 0 Å². The van der Waals surface area contributed by atoms with Gasteiger partial charge < -0.3 is 9.84 Å². The minimum Gasteiger partial charge on any atom is -0.475 e. The topological polar surface area (TPSA) is 79.2 Å². The lowest BCUT2D eigenvalue weighted by atomic mass is 10.1. The van der Waals surface area contributed by atoms with E-state index < -0.39 is 12.1 Å². The summed E-state index contributed by atoms with van der Waals surface area (Å²) in [5.74, 6) is -1.40. The molecule has 6 heteroatoms. The second-order valence-corrected chi connectivity index (χ2v) is 7.71. The largest absolute Gasteiger partial charge is 0.475 e. The van der Waals surface area contributed by atoms with E-state index in [9.17, 15) is 9.59 Å². The minimum absolute atomic E-state index is 0.212. The first-order valence-electron chi connectivity index (χ1n) is 11.5. The summed E-state index contributed by atoms with van der Waals surface area (Å²) in [6.07, 6.45) is 21.3. The highest BCUT2D eigenvalue weighted by molar-refractivity contribution is 6.37. The van der Waals surface area contributed by atoms with E-state index >= 15 is 0 Å². The quantitative estimate of drug-likeness (QED) is 0.238. The molecule has 0 atom stereocenters. The van der Waals surface area contributed by atoms with Gasteiger partial charge in [-0.3, -0.25) is 9.89 Å². The standard InChI is InChI=1S/C23H40N2O4/c1-2-3-4-5-6-7-8-9-10-11-12-13-14-15-16-17-20-29-23(28)25-19-18-24-21(25)22(26)27/h9-10H,2-8,11-20H2,1H3,(H,26,27)/b10-9-. The smallest absolute Gasteiger partial charge is 0.415 e. The van der Waals surface area contributed by atoms with E-state index in [2.05, 4.69) is 24.1 Å². The van der Waals surface area contributed by atoms with Gasteiger partial charge in [0.25, 0.3) is 0 Å². The summed E-state index contributed by atoms with van der Waals surface area (Å²) in [5.41, 5.74) is 0. The van der Waals surface area contributed by atoms with Crippen LogP contribution in [0.4, 0.5) is 4.79 Å². The maximum absolute atomic E-state index is 11.9. The zero-order chi connectivity index (χ0) is 21.2. The molecule has 0 spiro atoms. The lowest BCUT2D eigenvalue weighted by Crippen LogP contribution is -2.39. The number of unbranched alkanes of at least 4 members (excludes halogenated alkanes) is 12. The molecule has 0 aromatic rings. The summed E-state index contributed by atoms with van der Waals surface area (Å²) in [4.78, 5) is 27.7. The van der Waals surface area contributed by atoms with Crippen molar-refractivity contribution in [3.05, 3.63) is 12.2 Å². The molecule has 0 aromatic carbocycles. The normalized spacial score (nSPS) is 13.8. The molecule has 0 aromatic heterocycles. The van der Waals surface area contributed by atoms with Gasteiger partial charge in [-0.25, -0.2) is 9.59 Å². The van der Waals surface area contributed by atoms with E-state index in [1.165, 1.54) is 70.6 Å². The Bertz CT molecular complexity index is 517. The number of aliphatic carboxylic acids is 1. The van der Waals surface area contributed by atoms with Crippen LogP contribution in [-0.4, -0.2) is 47.6 Å². The predicted octanol–water partition coefficient (Wildman–Crippen LogP) is 5.96. The molecule has 29 heavy (non-hydrogen) atoms. The number of carboxylic acid groups (broad SMARTS) is 1. The molecule has 0 bridgehead atoms. The molecule has 0 saturated heterocycles. The third-order valence-corrected chi connectivity index (χ3v) is 5.13. The maximum Gasteiger partial charge on any atom is 0.415 e. The molecule has 1 aliphatic heterocycles. The average Bonchev–Trinajstić information content (AvgIpc) is 3.20. The fraction of sp³-hybridized carbons (Fsp3) is 0.783. The van der Waals surface area contributed by atoms with Gasteiger partial charge in [0.1, 0.15) is 0 Å². The van der Waals surface area contributed by atoms with Crippen LogP contribution in [-0.2, 0) is 9.53 Å². The first-order chi connectivity index (χ1) is 14.2. The van der Waals surface area contributed by atoms with Gasteiger partial charge in [-0.05, 0) is 32.1 Å². The zero-order valence-electron chi connectivity index (χ0n) is 18.2. The van der Waals surface area contributed by atoms with Crippen molar-refractivity contribution in [3.8, 4) is 0 Å². The summed E-state index contributed by atoms with van der Waals surface area (Å²) < 4.78 is 5.16. The number of amides is 1. The Balaban J connectivity index is 1.85. The predicted molar refractivity (Wildman–Crippen MR) is 117 cm³/mol. The third kappa shape index (κ3) is 12.3. The lowest BCUT2D eigenvalue weighted by Gasteiger charge is -2.15. The number of hydrogen-bond acceptors (Lipinski definition) is 4. The monoisotopic (exact) mass is 408 g/mol. The van der Waals surface area contributed by atoms with Crippen molar-refractivity contribution in [1.82, 2.24) is 4.90 Å². The number of carboxylic acids is 1. The van der Waals surface area contributed by atoms with Crippen molar-refractivity contribution in [2.45, 2.75) is 96.8 Å². The second-order valence-electron chi connectivity index (χ2n) is 7.71. The van der Waals surface area contributed by atoms with E-state index in [4.69, 9.17) is 9.84 Å². The zero-order valence-corrected chi connectivity index (χ0v) is 18.2. The SMILES string of the molecule is CCCCCCCC/C=C\CCCCCCCCOC(=O)N1CCN=C1C(=O)O. The van der Waals surface area contributed by atoms with Crippen LogP contribution in [0.3, 0.4) is 0 Å². The van der Waals surface area contributed by atoms with Gasteiger partial charge >= 0.3 is 12.1 Å². The maximum atomic E-state index is 11.9. The number of aliphatic imine (C=N–C) groups is 1. The van der Waals surface area contributed by atoms with Crippen LogP contribution in [0.2, 0.25) is 0 Å². The Morgan fingerprint density at radius 3 is 2.07 bits per heavy atom. The lowest BCUT2D eigenvalue weighted by molar-refractivity contribution is -0.130. The molecule has 1 aliphatic rings. The van der Waals surface area contributed by atoms with Gasteiger partial charge in [0.05, 0.1) is 19.7 Å². The molecule has 166 valence electrons. The summed E-state index contributed by atoms with van der Waals surface area (Å²) >= 11 is 0. The molecule has 1 rings (SSSR count). The summed E-state index contributed by atoms with van der Waals surface area (Å²) in [7, 11) is 0. The number of carbonyl (C=O) groups excluding carboxylic acids is 1. The molecule has 1 amide bonds. The van der Waals surface area contributed by atoms with Crippen LogP contribution in [0.5, 0.6) is 0 Å². The number of rotatable bonds is 17. The summed E-state index contributed by atoms with van der Waals surface area (Å²) in [5, 5.41) is 8.97. The van der Waals surface area contributed by atoms with Crippen LogP contribution in [0.15, 0.2) is 17.1 Å². The highest BCUT2D eigenvalue weighted by atomic mass is 16.6. The molecule has 0 radical (unpaired) electrons. The van der Waals surface area contributed by atoms with E-state index in [1.807, 2.05) is 0 Å². The summed E-state index contributed by atoms with van der Waals surface area (Å²) in [6.45, 7) is 3.20. The Morgan fingerprint density at radius 1 is 0.931 bits per heavy atom. The van der Waals surface area contributed by atoms with Gasteiger partial charge in [0, 0.05) is 0 Å². The van der Waals surface area contributed by atoms with Gasteiger partial charge in [-0.2, -0.15) is 0 Å². The number of nitrogens with zero attached hydrogens (tertiary/aromatic N) is 2. The highest BCUT2D eigenvalue weighted by Crippen LogP contribution is 2.11. The summed E-state index contributed by atoms with van der Waals surface area (Å²) in [6, 6.07) is 0. The molecular weight excluding hydrogens is 368 g/mol. The Labute approximate surface area is 176 Å². The first-order valence-corrected chi connectivity index (χ1v) is 11.5. The molecule has 0 fully saturated rings. The van der Waals surface area contributed by atoms with E-state index in [-0.39, 0.29) is 12.4 Å². The van der Waals surface area contributed by atoms with Crippen molar-refractivity contribution in [2.75, 3.05) is 19.7 Å². The van der Waals surface area contributed by atoms with Crippen LogP contribution >= 0.6 is 0 Å². The van der Waals surface area contributed by atoms with Gasteiger partial charge in [-0.15, -0.1) is 0 Å². The van der Waals surface area contributed by atoms with Crippen molar-refractivity contribution in [3.63, 3.8) is 0 Å². The number of hydrogen-bond donors (Lipinski definition) is 1. The molecule has 0 unspecified atom stereocenters. The molecule has 6 nitrogen and oxygen atoms in total. The molecule has 1 N–H and O–H groups in total. The third-order valence-electron chi connectivity index (χ3n) is 5.13.